The van der Waals surface area contributed by atoms with E-state index in [0.29, 0.717) is 58.2 Å². The van der Waals surface area contributed by atoms with Crippen LogP contribution in [0.3, 0.4) is 0 Å². The Balaban J connectivity index is 1.46. The molecule has 3 atom stereocenters. The molecule has 140 valence electrons. The summed E-state index contributed by atoms with van der Waals surface area (Å²) in [4.78, 5) is 36.5. The second-order valence-corrected chi connectivity index (χ2v) is 7.91. The van der Waals surface area contributed by atoms with Crippen molar-refractivity contribution in [3.05, 3.63) is 0 Å². The van der Waals surface area contributed by atoms with Crippen LogP contribution in [0.4, 0.5) is 0 Å². The molecular weight excluding hydrogens is 324 g/mol. The smallest absolute Gasteiger partial charge is 0.165 e. The molecule has 0 radical (unpaired) electrons. The molecule has 0 spiro atoms. The molecular formula is C19H28O6. The summed E-state index contributed by atoms with van der Waals surface area (Å²) in [6.45, 7) is 4.96. The highest BCUT2D eigenvalue weighted by Crippen LogP contribution is 2.49. The average Bonchev–Trinajstić information content (AvgIpc) is 3.12. The third-order valence-corrected chi connectivity index (χ3v) is 6.12. The van der Waals surface area contributed by atoms with Gasteiger partial charge in [0.25, 0.3) is 0 Å². The lowest BCUT2D eigenvalue weighted by atomic mass is 9.67. The summed E-state index contributed by atoms with van der Waals surface area (Å²) in [7, 11) is 0. The van der Waals surface area contributed by atoms with Crippen LogP contribution < -0.4 is 0 Å². The molecule has 1 heterocycles. The monoisotopic (exact) mass is 352 g/mol. The molecule has 6 heteroatoms. The topological polar surface area (TPSA) is 78.9 Å². The number of carbonyl (C=O) groups excluding carboxylic acids is 3. The van der Waals surface area contributed by atoms with E-state index in [2.05, 4.69) is 0 Å². The van der Waals surface area contributed by atoms with Gasteiger partial charge in [0.05, 0.1) is 13.2 Å². The van der Waals surface area contributed by atoms with Gasteiger partial charge in [-0.1, -0.05) is 6.92 Å². The number of Topliss-reactive ketones (excluding diaryl/α,β-unsaturated/α-hetero) is 3. The number of hydrogen-bond donors (Lipinski definition) is 0. The first kappa shape index (κ1) is 18.7. The maximum Gasteiger partial charge on any atom is 0.165 e. The summed E-state index contributed by atoms with van der Waals surface area (Å²) < 4.78 is 16.8. The van der Waals surface area contributed by atoms with E-state index >= 15 is 0 Å². The van der Waals surface area contributed by atoms with Crippen LogP contribution in [0.15, 0.2) is 0 Å². The van der Waals surface area contributed by atoms with Crippen LogP contribution in [-0.2, 0) is 28.6 Å². The molecule has 3 fully saturated rings. The Labute approximate surface area is 148 Å². The minimum absolute atomic E-state index is 0.0222. The predicted molar refractivity (Wildman–Crippen MR) is 89.0 cm³/mol. The van der Waals surface area contributed by atoms with Gasteiger partial charge in [0, 0.05) is 37.0 Å². The fourth-order valence-electron chi connectivity index (χ4n) is 4.43. The minimum Gasteiger partial charge on any atom is -0.362 e. The normalized spacial score (nSPS) is 34.3. The highest BCUT2D eigenvalue weighted by atomic mass is 16.7. The molecule has 3 rings (SSSR count). The van der Waals surface area contributed by atoms with Crippen molar-refractivity contribution in [1.82, 2.24) is 0 Å². The van der Waals surface area contributed by atoms with Gasteiger partial charge in [-0.25, -0.2) is 0 Å². The van der Waals surface area contributed by atoms with Gasteiger partial charge in [-0.05, 0) is 26.2 Å². The van der Waals surface area contributed by atoms with E-state index in [1.54, 1.807) is 0 Å². The average molecular weight is 352 g/mol. The molecule has 0 N–H and O–H groups in total. The minimum atomic E-state index is -0.604. The summed E-state index contributed by atoms with van der Waals surface area (Å²) in [5.74, 6) is -0.411. The zero-order chi connectivity index (χ0) is 18.1. The van der Waals surface area contributed by atoms with E-state index in [-0.39, 0.29) is 29.9 Å². The zero-order valence-corrected chi connectivity index (χ0v) is 15.2. The Kier molecular flexibility index (Phi) is 5.42. The van der Waals surface area contributed by atoms with Gasteiger partial charge in [0.1, 0.15) is 18.5 Å². The predicted octanol–water partition coefficient (Wildman–Crippen LogP) is 2.22. The molecule has 0 aromatic carbocycles. The molecule has 1 saturated heterocycles. The third-order valence-electron chi connectivity index (χ3n) is 6.12. The molecule has 1 aliphatic heterocycles. The highest BCUT2D eigenvalue weighted by Gasteiger charge is 2.54. The van der Waals surface area contributed by atoms with Crippen molar-refractivity contribution in [1.29, 1.82) is 0 Å². The number of ether oxygens (including phenoxy) is 3. The Morgan fingerprint density at radius 1 is 1.20 bits per heavy atom. The maximum atomic E-state index is 12.2. The molecule has 0 amide bonds. The Bertz CT molecular complexity index is 550. The number of ketones is 3. The van der Waals surface area contributed by atoms with Gasteiger partial charge < -0.3 is 14.2 Å². The van der Waals surface area contributed by atoms with Crippen LogP contribution in [0, 0.1) is 11.3 Å². The van der Waals surface area contributed by atoms with Gasteiger partial charge in [-0.2, -0.15) is 0 Å². The maximum absolute atomic E-state index is 12.2. The van der Waals surface area contributed by atoms with Gasteiger partial charge in [-0.3, -0.25) is 14.4 Å². The number of fused-ring (bicyclic) bond motifs is 1. The largest absolute Gasteiger partial charge is 0.362 e. The Morgan fingerprint density at radius 2 is 1.92 bits per heavy atom. The van der Waals surface area contributed by atoms with Gasteiger partial charge in [-0.15, -0.1) is 0 Å². The van der Waals surface area contributed by atoms with E-state index in [4.69, 9.17) is 14.2 Å². The number of hydrogen-bond acceptors (Lipinski definition) is 6. The van der Waals surface area contributed by atoms with E-state index in [9.17, 15) is 14.4 Å². The van der Waals surface area contributed by atoms with Crippen LogP contribution in [-0.4, -0.2) is 49.1 Å². The summed E-state index contributed by atoms with van der Waals surface area (Å²) in [5.41, 5.74) is -0.451. The Hall–Kier alpha value is -1.11. The van der Waals surface area contributed by atoms with Gasteiger partial charge >= 0.3 is 0 Å². The molecule has 0 bridgehead atoms. The summed E-state index contributed by atoms with van der Waals surface area (Å²) >= 11 is 0. The fraction of sp³-hybridized carbons (Fsp3) is 0.842. The summed E-state index contributed by atoms with van der Waals surface area (Å²) in [6.07, 6.45) is 3.28. The van der Waals surface area contributed by atoms with E-state index < -0.39 is 17.3 Å². The molecule has 1 unspecified atom stereocenters. The third kappa shape index (κ3) is 3.86. The second-order valence-electron chi connectivity index (χ2n) is 7.91. The van der Waals surface area contributed by atoms with Crippen LogP contribution in [0.1, 0.15) is 58.8 Å². The number of rotatable bonds is 7. The molecule has 6 nitrogen and oxygen atoms in total. The fourth-order valence-corrected chi connectivity index (χ4v) is 4.43. The summed E-state index contributed by atoms with van der Waals surface area (Å²) in [6, 6.07) is 0. The number of carbonyl (C=O) groups is 3. The van der Waals surface area contributed by atoms with Crippen molar-refractivity contribution in [3.63, 3.8) is 0 Å². The second kappa shape index (κ2) is 7.25. The first-order chi connectivity index (χ1) is 11.8. The van der Waals surface area contributed by atoms with Gasteiger partial charge in [0.15, 0.2) is 17.4 Å². The van der Waals surface area contributed by atoms with Gasteiger partial charge in [0.2, 0.25) is 0 Å². The quantitative estimate of drug-likeness (QED) is 0.699. The molecule has 3 aliphatic rings. The first-order valence-electron chi connectivity index (χ1n) is 9.31. The van der Waals surface area contributed by atoms with Crippen LogP contribution in [0.25, 0.3) is 0 Å². The van der Waals surface area contributed by atoms with Crippen molar-refractivity contribution in [2.75, 3.05) is 19.8 Å². The summed E-state index contributed by atoms with van der Waals surface area (Å²) in [5, 5.41) is 0. The molecule has 2 aliphatic carbocycles. The lowest BCUT2D eigenvalue weighted by molar-refractivity contribution is -0.151. The van der Waals surface area contributed by atoms with E-state index in [1.807, 2.05) is 13.8 Å². The molecule has 0 aromatic rings. The van der Waals surface area contributed by atoms with Crippen molar-refractivity contribution >= 4 is 17.3 Å². The Morgan fingerprint density at radius 3 is 2.64 bits per heavy atom. The lowest BCUT2D eigenvalue weighted by Crippen LogP contribution is -2.47. The first-order valence-corrected chi connectivity index (χ1v) is 9.31. The van der Waals surface area contributed by atoms with Crippen molar-refractivity contribution in [3.8, 4) is 0 Å². The van der Waals surface area contributed by atoms with E-state index in [1.165, 1.54) is 0 Å². The lowest BCUT2D eigenvalue weighted by Gasteiger charge is -2.39. The SMILES string of the molecule is CC1(CCCC(=O)CO[C@H]2C(=O)CCC3(C)C(=O)CC[C@@H]23)OCCO1. The van der Waals surface area contributed by atoms with Crippen LogP contribution in [0.5, 0.6) is 0 Å². The van der Waals surface area contributed by atoms with Crippen molar-refractivity contribution < 1.29 is 28.6 Å². The zero-order valence-electron chi connectivity index (χ0n) is 15.2. The molecule has 0 aromatic heterocycles. The highest BCUT2D eigenvalue weighted by molar-refractivity contribution is 5.93. The molecule has 25 heavy (non-hydrogen) atoms. The molecule has 2 saturated carbocycles. The van der Waals surface area contributed by atoms with Crippen molar-refractivity contribution in [2.45, 2.75) is 70.7 Å². The van der Waals surface area contributed by atoms with E-state index in [0.717, 1.165) is 0 Å². The standard InChI is InChI=1S/C19H28O6/c1-18-9-7-15(21)17(14(18)5-6-16(18)22)23-12-13(20)4-3-8-19(2)24-10-11-25-19/h14,17H,3-12H2,1-2H3/t14-,17+,18?/m0/s1. The van der Waals surface area contributed by atoms with Crippen molar-refractivity contribution in [2.24, 2.45) is 11.3 Å². The van der Waals surface area contributed by atoms with Crippen LogP contribution >= 0.6 is 0 Å². The van der Waals surface area contributed by atoms with Crippen LogP contribution in [0.2, 0.25) is 0 Å².